The molecule has 0 aromatic heterocycles. The van der Waals surface area contributed by atoms with Crippen molar-refractivity contribution in [3.8, 4) is 0 Å². The van der Waals surface area contributed by atoms with Crippen molar-refractivity contribution >= 4 is 6.29 Å². The van der Waals surface area contributed by atoms with Crippen LogP contribution in [0.2, 0.25) is 0 Å². The van der Waals surface area contributed by atoms with Gasteiger partial charge >= 0.3 is 0 Å². The molecule has 2 N–H and O–H groups in total. The molecule has 4 aliphatic rings. The van der Waals surface area contributed by atoms with Gasteiger partial charge in [0.15, 0.2) is 0 Å². The third-order valence-corrected chi connectivity index (χ3v) is 6.95. The molecule has 124 valence electrons. The fraction of sp³-hybridized carbons (Fsp3) is 0.944. The van der Waals surface area contributed by atoms with E-state index in [1.165, 1.54) is 38.4 Å². The fourth-order valence-electron chi connectivity index (χ4n) is 5.73. The molecule has 4 nitrogen and oxygen atoms in total. The van der Waals surface area contributed by atoms with Gasteiger partial charge in [0.25, 0.3) is 0 Å². The Labute approximate surface area is 133 Å². The number of nitrogens with one attached hydrogen (secondary N) is 2. The number of rotatable bonds is 3. The van der Waals surface area contributed by atoms with E-state index in [1.807, 2.05) is 0 Å². The first-order valence-electron chi connectivity index (χ1n) is 9.36. The zero-order valence-corrected chi connectivity index (χ0v) is 13.5. The molecule has 3 saturated heterocycles. The Morgan fingerprint density at radius 2 is 1.77 bits per heavy atom. The topological polar surface area (TPSA) is 50.4 Å². The smallest absolute Gasteiger partial charge is 0.123 e. The van der Waals surface area contributed by atoms with Gasteiger partial charge in [-0.3, -0.25) is 0 Å². The number of carbonyl (C=O) groups excluding carboxylic acids is 1. The van der Waals surface area contributed by atoms with Crippen LogP contribution in [0.1, 0.15) is 38.5 Å². The summed E-state index contributed by atoms with van der Waals surface area (Å²) in [7, 11) is 0. The second-order valence-corrected chi connectivity index (χ2v) is 7.99. The molecule has 4 rings (SSSR count). The lowest BCUT2D eigenvalue weighted by molar-refractivity contribution is -0.114. The largest absolute Gasteiger partial charge is 0.381 e. The van der Waals surface area contributed by atoms with E-state index in [4.69, 9.17) is 4.74 Å². The number of piperidine rings is 1. The summed E-state index contributed by atoms with van der Waals surface area (Å²) in [6.45, 7) is 4.15. The molecule has 3 aliphatic heterocycles. The van der Waals surface area contributed by atoms with Gasteiger partial charge in [0.1, 0.15) is 6.29 Å². The van der Waals surface area contributed by atoms with Crippen molar-refractivity contribution in [3.63, 3.8) is 0 Å². The molecule has 4 heteroatoms. The summed E-state index contributed by atoms with van der Waals surface area (Å²) in [4.78, 5) is 11.5. The van der Waals surface area contributed by atoms with E-state index in [2.05, 4.69) is 10.6 Å². The molecule has 0 aromatic rings. The molecule has 1 saturated carbocycles. The molecule has 0 aromatic carbocycles. The number of hydrogen-bond donors (Lipinski definition) is 2. The molecule has 22 heavy (non-hydrogen) atoms. The standard InChI is InChI=1S/C18H30N2O2/c21-10-12-3-1-2-4-15(12)14-7-16-17(13-5-6-22-11-13)9-20-18(16)19-8-14/h10,12-20H,1-9,11H2. The molecular formula is C18H30N2O2. The SMILES string of the molecule is O=CC1CCCCC1C1CNC2NCC(C3CCOC3)C2C1. The second kappa shape index (κ2) is 6.58. The van der Waals surface area contributed by atoms with Crippen LogP contribution in [0, 0.1) is 35.5 Å². The van der Waals surface area contributed by atoms with E-state index in [0.717, 1.165) is 50.5 Å². The molecule has 7 unspecified atom stereocenters. The quantitative estimate of drug-likeness (QED) is 0.781. The highest BCUT2D eigenvalue weighted by Crippen LogP contribution is 2.43. The Morgan fingerprint density at radius 3 is 2.59 bits per heavy atom. The lowest BCUT2D eigenvalue weighted by Gasteiger charge is -2.42. The third-order valence-electron chi connectivity index (χ3n) is 6.95. The van der Waals surface area contributed by atoms with Crippen molar-refractivity contribution in [1.29, 1.82) is 0 Å². The highest BCUT2D eigenvalue weighted by molar-refractivity contribution is 5.54. The summed E-state index contributed by atoms with van der Waals surface area (Å²) in [5.41, 5.74) is 0. The number of aldehydes is 1. The van der Waals surface area contributed by atoms with E-state index in [9.17, 15) is 4.79 Å². The van der Waals surface area contributed by atoms with Crippen LogP contribution in [-0.4, -0.2) is 38.8 Å². The predicted molar refractivity (Wildman–Crippen MR) is 85.3 cm³/mol. The van der Waals surface area contributed by atoms with Crippen LogP contribution >= 0.6 is 0 Å². The summed E-state index contributed by atoms with van der Waals surface area (Å²) in [5.74, 6) is 3.89. The van der Waals surface area contributed by atoms with Crippen molar-refractivity contribution in [3.05, 3.63) is 0 Å². The Hall–Kier alpha value is -0.450. The molecular weight excluding hydrogens is 276 g/mol. The van der Waals surface area contributed by atoms with Crippen LogP contribution in [0.3, 0.4) is 0 Å². The lowest BCUT2D eigenvalue weighted by atomic mass is 9.67. The van der Waals surface area contributed by atoms with Crippen molar-refractivity contribution in [2.75, 3.05) is 26.3 Å². The summed E-state index contributed by atoms with van der Waals surface area (Å²) in [6, 6.07) is 0. The van der Waals surface area contributed by atoms with Gasteiger partial charge in [0.05, 0.1) is 6.17 Å². The molecule has 3 heterocycles. The summed E-state index contributed by atoms with van der Waals surface area (Å²) in [5, 5.41) is 7.46. The number of fused-ring (bicyclic) bond motifs is 1. The van der Waals surface area contributed by atoms with E-state index in [-0.39, 0.29) is 0 Å². The highest BCUT2D eigenvalue weighted by atomic mass is 16.5. The molecule has 7 atom stereocenters. The maximum atomic E-state index is 11.5. The average Bonchev–Trinajstić information content (AvgIpc) is 3.23. The van der Waals surface area contributed by atoms with E-state index >= 15 is 0 Å². The van der Waals surface area contributed by atoms with Gasteiger partial charge in [0.2, 0.25) is 0 Å². The Morgan fingerprint density at radius 1 is 0.909 bits per heavy atom. The monoisotopic (exact) mass is 306 g/mol. The zero-order valence-electron chi connectivity index (χ0n) is 13.5. The third kappa shape index (κ3) is 2.74. The molecule has 0 radical (unpaired) electrons. The lowest BCUT2D eigenvalue weighted by Crippen LogP contribution is -2.52. The molecule has 1 aliphatic carbocycles. The van der Waals surface area contributed by atoms with Gasteiger partial charge in [-0.1, -0.05) is 12.8 Å². The first kappa shape index (κ1) is 15.1. The predicted octanol–water partition coefficient (Wildman–Crippen LogP) is 1.80. The molecule has 4 fully saturated rings. The van der Waals surface area contributed by atoms with Crippen LogP contribution in [0.4, 0.5) is 0 Å². The summed E-state index contributed by atoms with van der Waals surface area (Å²) in [6.07, 6.45) is 9.24. The second-order valence-electron chi connectivity index (χ2n) is 7.99. The average molecular weight is 306 g/mol. The first-order chi connectivity index (χ1) is 10.9. The summed E-state index contributed by atoms with van der Waals surface area (Å²) >= 11 is 0. The minimum Gasteiger partial charge on any atom is -0.381 e. The van der Waals surface area contributed by atoms with Gasteiger partial charge in [0, 0.05) is 25.7 Å². The normalized spacial score (nSPS) is 49.0. The van der Waals surface area contributed by atoms with Crippen molar-refractivity contribution in [1.82, 2.24) is 10.6 Å². The number of carbonyl (C=O) groups is 1. The Bertz CT molecular complexity index is 397. The minimum atomic E-state index is 0.319. The van der Waals surface area contributed by atoms with Crippen LogP contribution in [0.5, 0.6) is 0 Å². The molecule has 0 amide bonds. The maximum Gasteiger partial charge on any atom is 0.123 e. The van der Waals surface area contributed by atoms with Crippen molar-refractivity contribution in [2.45, 2.75) is 44.7 Å². The fourth-order valence-corrected chi connectivity index (χ4v) is 5.73. The van der Waals surface area contributed by atoms with Crippen LogP contribution in [0.15, 0.2) is 0 Å². The van der Waals surface area contributed by atoms with E-state index in [0.29, 0.717) is 23.9 Å². The van der Waals surface area contributed by atoms with Crippen molar-refractivity contribution < 1.29 is 9.53 Å². The van der Waals surface area contributed by atoms with E-state index in [1.54, 1.807) is 0 Å². The highest BCUT2D eigenvalue weighted by Gasteiger charge is 2.46. The van der Waals surface area contributed by atoms with Gasteiger partial charge in [-0.15, -0.1) is 0 Å². The van der Waals surface area contributed by atoms with Gasteiger partial charge in [-0.2, -0.15) is 0 Å². The minimum absolute atomic E-state index is 0.319. The summed E-state index contributed by atoms with van der Waals surface area (Å²) < 4.78 is 5.63. The zero-order chi connectivity index (χ0) is 14.9. The van der Waals surface area contributed by atoms with Gasteiger partial charge in [-0.25, -0.2) is 0 Å². The maximum absolute atomic E-state index is 11.5. The Balaban J connectivity index is 1.44. The number of hydrogen-bond acceptors (Lipinski definition) is 4. The van der Waals surface area contributed by atoms with Crippen LogP contribution < -0.4 is 10.6 Å². The van der Waals surface area contributed by atoms with Crippen molar-refractivity contribution in [2.24, 2.45) is 35.5 Å². The van der Waals surface area contributed by atoms with Gasteiger partial charge in [-0.05, 0) is 61.8 Å². The first-order valence-corrected chi connectivity index (χ1v) is 9.36. The molecule has 0 spiro atoms. The number of ether oxygens (including phenoxy) is 1. The van der Waals surface area contributed by atoms with E-state index < -0.39 is 0 Å². The van der Waals surface area contributed by atoms with Gasteiger partial charge < -0.3 is 20.2 Å². The Kier molecular flexibility index (Phi) is 4.52. The van der Waals surface area contributed by atoms with Crippen LogP contribution in [-0.2, 0) is 9.53 Å². The van der Waals surface area contributed by atoms with Crippen LogP contribution in [0.25, 0.3) is 0 Å². The molecule has 0 bridgehead atoms.